The molecule has 2 aromatic carbocycles. The average molecular weight is 314 g/mol. The molecule has 2 N–H and O–H groups in total. The molecule has 3 rings (SSSR count). The van der Waals surface area contributed by atoms with E-state index in [4.69, 9.17) is 16.7 Å². The van der Waals surface area contributed by atoms with Gasteiger partial charge in [-0.3, -0.25) is 10.1 Å². The molecule has 1 aromatic heterocycles. The summed E-state index contributed by atoms with van der Waals surface area (Å²) in [5.74, 6) is 0.509. The number of para-hydroxylation sites is 1. The van der Waals surface area contributed by atoms with Crippen molar-refractivity contribution in [1.82, 2.24) is 5.16 Å². The molecule has 0 amide bonds. The zero-order chi connectivity index (χ0) is 15.5. The lowest BCUT2D eigenvalue weighted by molar-refractivity contribution is -0.384. The van der Waals surface area contributed by atoms with Gasteiger partial charge in [-0.2, -0.15) is 0 Å². The van der Waals surface area contributed by atoms with Crippen LogP contribution in [-0.2, 0) is 0 Å². The van der Waals surface area contributed by atoms with E-state index in [1.165, 1.54) is 12.1 Å². The molecular formula is C14H10N4O3S. The van der Waals surface area contributed by atoms with Gasteiger partial charge in [0.25, 0.3) is 5.69 Å². The lowest BCUT2D eigenvalue weighted by atomic mass is 10.2. The Labute approximate surface area is 130 Å². The third-order valence-corrected chi connectivity index (χ3v) is 3.15. The summed E-state index contributed by atoms with van der Waals surface area (Å²) in [5, 5.41) is 21.5. The number of nitrogens with zero attached hydrogens (tertiary/aromatic N) is 2. The minimum atomic E-state index is -0.456. The Bertz CT molecular complexity index is 845. The van der Waals surface area contributed by atoms with Crippen LogP contribution < -0.4 is 10.6 Å². The average Bonchev–Trinajstić information content (AvgIpc) is 2.91. The van der Waals surface area contributed by atoms with Crippen molar-refractivity contribution < 1.29 is 9.45 Å². The summed E-state index contributed by atoms with van der Waals surface area (Å²) in [4.78, 5) is 10.1. The molecule has 0 radical (unpaired) electrons. The maximum atomic E-state index is 10.6. The summed E-state index contributed by atoms with van der Waals surface area (Å²) >= 11 is 5.19. The normalized spacial score (nSPS) is 10.4. The van der Waals surface area contributed by atoms with E-state index in [0.29, 0.717) is 22.2 Å². The molecule has 0 fully saturated rings. The van der Waals surface area contributed by atoms with Crippen LogP contribution in [0.15, 0.2) is 53.1 Å². The standard InChI is InChI=1S/C14H10N4O3S/c19-18(20)10-7-5-9(6-8-10)15-14(22)16-13-11-3-1-2-4-12(11)21-17-13/h1-8H,(H2,15,16,17,22). The number of nitro benzene ring substituents is 1. The monoisotopic (exact) mass is 314 g/mol. The molecule has 0 spiro atoms. The van der Waals surface area contributed by atoms with E-state index in [1.807, 2.05) is 18.2 Å². The van der Waals surface area contributed by atoms with Crippen LogP contribution in [0, 0.1) is 10.1 Å². The predicted molar refractivity (Wildman–Crippen MR) is 86.9 cm³/mol. The van der Waals surface area contributed by atoms with Crippen LogP contribution in [0.5, 0.6) is 0 Å². The highest BCUT2D eigenvalue weighted by Crippen LogP contribution is 2.22. The zero-order valence-corrected chi connectivity index (χ0v) is 12.0. The summed E-state index contributed by atoms with van der Waals surface area (Å²) in [5.41, 5.74) is 1.31. The first-order valence-corrected chi connectivity index (χ1v) is 6.71. The molecule has 8 heteroatoms. The van der Waals surface area contributed by atoms with E-state index >= 15 is 0 Å². The van der Waals surface area contributed by atoms with Crippen molar-refractivity contribution in [3.63, 3.8) is 0 Å². The van der Waals surface area contributed by atoms with Crippen LogP contribution in [0.2, 0.25) is 0 Å². The fourth-order valence-electron chi connectivity index (χ4n) is 1.91. The Kier molecular flexibility index (Phi) is 3.67. The number of nitrogens with one attached hydrogen (secondary N) is 2. The summed E-state index contributed by atoms with van der Waals surface area (Å²) < 4.78 is 5.17. The van der Waals surface area contributed by atoms with Crippen LogP contribution in [0.3, 0.4) is 0 Å². The van der Waals surface area contributed by atoms with Crippen molar-refractivity contribution in [2.24, 2.45) is 0 Å². The lowest BCUT2D eigenvalue weighted by Crippen LogP contribution is -2.19. The molecule has 0 bridgehead atoms. The zero-order valence-electron chi connectivity index (χ0n) is 11.1. The molecule has 0 aliphatic rings. The van der Waals surface area contributed by atoms with Gasteiger partial charge in [0.15, 0.2) is 16.5 Å². The molecule has 0 saturated carbocycles. The molecule has 110 valence electrons. The van der Waals surface area contributed by atoms with E-state index in [2.05, 4.69) is 15.8 Å². The van der Waals surface area contributed by atoms with Crippen LogP contribution >= 0.6 is 12.2 Å². The summed E-state index contributed by atoms with van der Waals surface area (Å²) in [6.45, 7) is 0. The molecule has 0 aliphatic carbocycles. The van der Waals surface area contributed by atoms with Gasteiger partial charge in [-0.15, -0.1) is 0 Å². The van der Waals surface area contributed by atoms with Gasteiger partial charge < -0.3 is 15.2 Å². The number of hydrogen-bond donors (Lipinski definition) is 2. The van der Waals surface area contributed by atoms with Crippen molar-refractivity contribution in [3.8, 4) is 0 Å². The van der Waals surface area contributed by atoms with E-state index in [1.54, 1.807) is 18.2 Å². The quantitative estimate of drug-likeness (QED) is 0.434. The Balaban J connectivity index is 1.71. The number of hydrogen-bond acceptors (Lipinski definition) is 5. The van der Waals surface area contributed by atoms with Crippen molar-refractivity contribution >= 4 is 45.5 Å². The topological polar surface area (TPSA) is 93.2 Å². The van der Waals surface area contributed by atoms with Crippen molar-refractivity contribution in [1.29, 1.82) is 0 Å². The first kappa shape index (κ1) is 14.0. The molecule has 7 nitrogen and oxygen atoms in total. The van der Waals surface area contributed by atoms with Gasteiger partial charge in [0, 0.05) is 17.8 Å². The number of nitro groups is 1. The van der Waals surface area contributed by atoms with Gasteiger partial charge in [0.2, 0.25) is 0 Å². The minimum absolute atomic E-state index is 0.0203. The largest absolute Gasteiger partial charge is 0.354 e. The first-order chi connectivity index (χ1) is 10.6. The third kappa shape index (κ3) is 2.86. The highest BCUT2D eigenvalue weighted by molar-refractivity contribution is 7.80. The van der Waals surface area contributed by atoms with E-state index in [-0.39, 0.29) is 5.69 Å². The molecule has 0 saturated heterocycles. The Morgan fingerprint density at radius 3 is 2.59 bits per heavy atom. The van der Waals surface area contributed by atoms with E-state index < -0.39 is 4.92 Å². The number of benzene rings is 2. The molecule has 22 heavy (non-hydrogen) atoms. The fraction of sp³-hybridized carbons (Fsp3) is 0. The summed E-state index contributed by atoms with van der Waals surface area (Å²) in [7, 11) is 0. The van der Waals surface area contributed by atoms with Crippen LogP contribution in [0.25, 0.3) is 11.0 Å². The van der Waals surface area contributed by atoms with Crippen LogP contribution in [0.1, 0.15) is 0 Å². The third-order valence-electron chi connectivity index (χ3n) is 2.95. The molecule has 0 atom stereocenters. The van der Waals surface area contributed by atoms with Gasteiger partial charge in [0.1, 0.15) is 0 Å². The highest BCUT2D eigenvalue weighted by Gasteiger charge is 2.09. The molecule has 3 aromatic rings. The maximum absolute atomic E-state index is 10.6. The lowest BCUT2D eigenvalue weighted by Gasteiger charge is -2.08. The number of non-ortho nitro benzene ring substituents is 1. The van der Waals surface area contributed by atoms with Gasteiger partial charge in [-0.05, 0) is 36.5 Å². The second-order valence-corrected chi connectivity index (χ2v) is 4.82. The van der Waals surface area contributed by atoms with Gasteiger partial charge in [-0.25, -0.2) is 0 Å². The highest BCUT2D eigenvalue weighted by atomic mass is 32.1. The Hall–Kier alpha value is -3.00. The van der Waals surface area contributed by atoms with Crippen molar-refractivity contribution in [2.45, 2.75) is 0 Å². The number of rotatable bonds is 3. The van der Waals surface area contributed by atoms with Crippen molar-refractivity contribution in [2.75, 3.05) is 10.6 Å². The van der Waals surface area contributed by atoms with Crippen LogP contribution in [0.4, 0.5) is 17.2 Å². The minimum Gasteiger partial charge on any atom is -0.354 e. The number of thiocarbonyl (C=S) groups is 1. The van der Waals surface area contributed by atoms with Crippen LogP contribution in [-0.4, -0.2) is 15.2 Å². The Morgan fingerprint density at radius 2 is 1.86 bits per heavy atom. The van der Waals surface area contributed by atoms with Gasteiger partial charge in [-0.1, -0.05) is 17.3 Å². The maximum Gasteiger partial charge on any atom is 0.269 e. The second-order valence-electron chi connectivity index (χ2n) is 4.41. The molecule has 0 aliphatic heterocycles. The fourth-order valence-corrected chi connectivity index (χ4v) is 2.13. The van der Waals surface area contributed by atoms with Gasteiger partial charge >= 0.3 is 0 Å². The first-order valence-electron chi connectivity index (χ1n) is 6.30. The molecular weight excluding hydrogens is 304 g/mol. The smallest absolute Gasteiger partial charge is 0.269 e. The SMILES string of the molecule is O=[N+]([O-])c1ccc(NC(=S)Nc2noc3ccccc23)cc1. The summed E-state index contributed by atoms with van der Waals surface area (Å²) in [6, 6.07) is 13.3. The molecule has 0 unspecified atom stereocenters. The number of aromatic nitrogens is 1. The van der Waals surface area contributed by atoms with E-state index in [9.17, 15) is 10.1 Å². The predicted octanol–water partition coefficient (Wildman–Crippen LogP) is 3.54. The number of anilines is 2. The second kappa shape index (κ2) is 5.78. The molecule has 1 heterocycles. The van der Waals surface area contributed by atoms with Gasteiger partial charge in [0.05, 0.1) is 10.3 Å². The Morgan fingerprint density at radius 1 is 1.14 bits per heavy atom. The van der Waals surface area contributed by atoms with E-state index in [0.717, 1.165) is 5.39 Å². The number of fused-ring (bicyclic) bond motifs is 1. The van der Waals surface area contributed by atoms with Crippen molar-refractivity contribution in [3.05, 3.63) is 58.6 Å². The summed E-state index contributed by atoms with van der Waals surface area (Å²) in [6.07, 6.45) is 0.